The molecule has 0 amide bonds. The molecule has 76 valence electrons. The number of carbonyl (C=O) groups is 1. The highest BCUT2D eigenvalue weighted by atomic mass is 16.5. The maximum atomic E-state index is 10.9. The molecule has 0 saturated heterocycles. The molecule has 0 N–H and O–H groups in total. The summed E-state index contributed by atoms with van der Waals surface area (Å²) in [4.78, 5) is 10.9. The molecule has 0 aliphatic heterocycles. The van der Waals surface area contributed by atoms with Gasteiger partial charge in [-0.25, -0.2) is 4.79 Å². The summed E-state index contributed by atoms with van der Waals surface area (Å²) < 4.78 is 9.89. The van der Waals surface area contributed by atoms with Crippen molar-refractivity contribution in [2.45, 2.75) is 20.3 Å². The lowest BCUT2D eigenvalue weighted by Crippen LogP contribution is -1.97. The maximum Gasteiger partial charge on any atom is 0.330 e. The van der Waals surface area contributed by atoms with Crippen LogP contribution < -0.4 is 0 Å². The first kappa shape index (κ1) is 10.6. The summed E-state index contributed by atoms with van der Waals surface area (Å²) in [7, 11) is 1.36. The van der Waals surface area contributed by atoms with Crippen molar-refractivity contribution in [1.29, 1.82) is 0 Å². The number of furan rings is 1. The van der Waals surface area contributed by atoms with Crippen molar-refractivity contribution in [2.75, 3.05) is 7.11 Å². The van der Waals surface area contributed by atoms with Gasteiger partial charge in [-0.3, -0.25) is 0 Å². The Bertz CT molecular complexity index is 347. The zero-order valence-electron chi connectivity index (χ0n) is 8.66. The number of carbonyl (C=O) groups excluding carboxylic acids is 1. The Balaban J connectivity index is 2.61. The lowest BCUT2D eigenvalue weighted by Gasteiger charge is -1.97. The van der Waals surface area contributed by atoms with Gasteiger partial charge in [-0.1, -0.05) is 5.57 Å². The predicted octanol–water partition coefficient (Wildman–Crippen LogP) is 2.25. The molecule has 0 aliphatic rings. The van der Waals surface area contributed by atoms with Gasteiger partial charge < -0.3 is 9.15 Å². The molecule has 0 spiro atoms. The van der Waals surface area contributed by atoms with E-state index in [0.717, 1.165) is 17.1 Å². The average molecular weight is 194 g/mol. The molecule has 1 rings (SSSR count). The molecule has 0 aliphatic carbocycles. The average Bonchev–Trinajstić information content (AvgIpc) is 2.50. The number of allylic oxidation sites excluding steroid dienone is 1. The highest BCUT2D eigenvalue weighted by Gasteiger charge is 2.01. The molecule has 0 aromatic carbocycles. The van der Waals surface area contributed by atoms with Gasteiger partial charge in [0.25, 0.3) is 0 Å². The Hall–Kier alpha value is -1.51. The molecule has 0 bridgehead atoms. The van der Waals surface area contributed by atoms with Crippen LogP contribution in [0.3, 0.4) is 0 Å². The Labute approximate surface area is 83.4 Å². The molecule has 3 nitrogen and oxygen atoms in total. The Morgan fingerprint density at radius 2 is 2.29 bits per heavy atom. The van der Waals surface area contributed by atoms with E-state index in [1.165, 1.54) is 13.2 Å². The van der Waals surface area contributed by atoms with Crippen molar-refractivity contribution in [3.63, 3.8) is 0 Å². The molecular formula is C11H14O3. The Morgan fingerprint density at radius 1 is 1.57 bits per heavy atom. The van der Waals surface area contributed by atoms with E-state index in [9.17, 15) is 4.79 Å². The quantitative estimate of drug-likeness (QED) is 0.547. The van der Waals surface area contributed by atoms with E-state index in [1.54, 1.807) is 0 Å². The number of esters is 1. The summed E-state index contributed by atoms with van der Waals surface area (Å²) in [6, 6.07) is 3.81. The number of hydrogen-bond acceptors (Lipinski definition) is 3. The molecule has 0 radical (unpaired) electrons. The van der Waals surface area contributed by atoms with Crippen LogP contribution in [0.5, 0.6) is 0 Å². The van der Waals surface area contributed by atoms with Crippen LogP contribution >= 0.6 is 0 Å². The highest BCUT2D eigenvalue weighted by molar-refractivity contribution is 5.82. The topological polar surface area (TPSA) is 39.4 Å². The minimum Gasteiger partial charge on any atom is -0.466 e. The van der Waals surface area contributed by atoms with Gasteiger partial charge in [0.05, 0.1) is 7.11 Å². The first-order valence-electron chi connectivity index (χ1n) is 4.42. The number of hydrogen-bond donors (Lipinski definition) is 0. The van der Waals surface area contributed by atoms with E-state index in [-0.39, 0.29) is 5.97 Å². The van der Waals surface area contributed by atoms with Gasteiger partial charge in [0.15, 0.2) is 0 Å². The first-order chi connectivity index (χ1) is 6.61. The second kappa shape index (κ2) is 4.65. The Kier molecular flexibility index (Phi) is 3.51. The number of rotatable bonds is 3. The summed E-state index contributed by atoms with van der Waals surface area (Å²) in [5.41, 5.74) is 0.922. The standard InChI is InChI=1S/C11H14O3/c1-8(7-11(12)13-3)6-10-5-4-9(2)14-10/h4-5,7H,6H2,1-3H3/b8-7-. The van der Waals surface area contributed by atoms with Gasteiger partial charge in [0.1, 0.15) is 11.5 Å². The third-order valence-electron chi connectivity index (χ3n) is 1.81. The molecular weight excluding hydrogens is 180 g/mol. The van der Waals surface area contributed by atoms with Crippen LogP contribution in [0.25, 0.3) is 0 Å². The minimum absolute atomic E-state index is 0.328. The number of aryl methyl sites for hydroxylation is 1. The minimum atomic E-state index is -0.328. The van der Waals surface area contributed by atoms with Crippen molar-refractivity contribution in [3.05, 3.63) is 35.3 Å². The van der Waals surface area contributed by atoms with Crippen molar-refractivity contribution < 1.29 is 13.9 Å². The second-order valence-electron chi connectivity index (χ2n) is 3.20. The normalized spacial score (nSPS) is 11.5. The molecule has 0 atom stereocenters. The largest absolute Gasteiger partial charge is 0.466 e. The number of methoxy groups -OCH3 is 1. The van der Waals surface area contributed by atoms with E-state index < -0.39 is 0 Å². The van der Waals surface area contributed by atoms with Gasteiger partial charge in [-0.15, -0.1) is 0 Å². The summed E-state index contributed by atoms with van der Waals surface area (Å²) in [5.74, 6) is 1.41. The van der Waals surface area contributed by atoms with Crippen LogP contribution in [0, 0.1) is 6.92 Å². The third-order valence-corrected chi connectivity index (χ3v) is 1.81. The fourth-order valence-electron chi connectivity index (χ4n) is 1.17. The van der Waals surface area contributed by atoms with E-state index in [4.69, 9.17) is 4.42 Å². The van der Waals surface area contributed by atoms with Gasteiger partial charge in [0, 0.05) is 12.5 Å². The van der Waals surface area contributed by atoms with Gasteiger partial charge in [-0.05, 0) is 26.0 Å². The van der Waals surface area contributed by atoms with Gasteiger partial charge in [0.2, 0.25) is 0 Å². The van der Waals surface area contributed by atoms with E-state index in [2.05, 4.69) is 4.74 Å². The van der Waals surface area contributed by atoms with E-state index in [0.29, 0.717) is 6.42 Å². The molecule has 1 aromatic rings. The van der Waals surface area contributed by atoms with E-state index in [1.807, 2.05) is 26.0 Å². The lowest BCUT2D eigenvalue weighted by molar-refractivity contribution is -0.134. The van der Waals surface area contributed by atoms with Crippen LogP contribution in [0.15, 0.2) is 28.2 Å². The fraction of sp³-hybridized carbons (Fsp3) is 0.364. The summed E-state index contributed by atoms with van der Waals surface area (Å²) in [6.07, 6.45) is 2.11. The predicted molar refractivity (Wildman–Crippen MR) is 52.9 cm³/mol. The van der Waals surface area contributed by atoms with Crippen molar-refractivity contribution in [2.24, 2.45) is 0 Å². The highest BCUT2D eigenvalue weighted by Crippen LogP contribution is 2.11. The molecule has 1 heterocycles. The van der Waals surface area contributed by atoms with Crippen molar-refractivity contribution in [1.82, 2.24) is 0 Å². The van der Waals surface area contributed by atoms with Gasteiger partial charge in [-0.2, -0.15) is 0 Å². The van der Waals surface area contributed by atoms with Crippen LogP contribution in [-0.4, -0.2) is 13.1 Å². The second-order valence-corrected chi connectivity index (χ2v) is 3.20. The monoisotopic (exact) mass is 194 g/mol. The zero-order chi connectivity index (χ0) is 10.6. The third kappa shape index (κ3) is 3.09. The lowest BCUT2D eigenvalue weighted by atomic mass is 10.2. The summed E-state index contributed by atoms with van der Waals surface area (Å²) >= 11 is 0. The molecule has 1 aromatic heterocycles. The zero-order valence-corrected chi connectivity index (χ0v) is 8.66. The Morgan fingerprint density at radius 3 is 2.79 bits per heavy atom. The molecule has 3 heteroatoms. The SMILES string of the molecule is COC(=O)/C=C(/C)Cc1ccc(C)o1. The molecule has 14 heavy (non-hydrogen) atoms. The molecule has 0 fully saturated rings. The van der Waals surface area contributed by atoms with Crippen molar-refractivity contribution >= 4 is 5.97 Å². The maximum absolute atomic E-state index is 10.9. The van der Waals surface area contributed by atoms with Gasteiger partial charge >= 0.3 is 5.97 Å². The van der Waals surface area contributed by atoms with E-state index >= 15 is 0 Å². The summed E-state index contributed by atoms with van der Waals surface area (Å²) in [5, 5.41) is 0. The number of ether oxygens (including phenoxy) is 1. The van der Waals surface area contributed by atoms with Crippen LogP contribution in [-0.2, 0) is 16.0 Å². The molecule has 0 saturated carbocycles. The molecule has 0 unspecified atom stereocenters. The van der Waals surface area contributed by atoms with Crippen LogP contribution in [0.2, 0.25) is 0 Å². The van der Waals surface area contributed by atoms with Crippen LogP contribution in [0.1, 0.15) is 18.4 Å². The smallest absolute Gasteiger partial charge is 0.330 e. The summed E-state index contributed by atoms with van der Waals surface area (Å²) in [6.45, 7) is 3.76. The van der Waals surface area contributed by atoms with Crippen LogP contribution in [0.4, 0.5) is 0 Å². The fourth-order valence-corrected chi connectivity index (χ4v) is 1.17. The van der Waals surface area contributed by atoms with Crippen molar-refractivity contribution in [3.8, 4) is 0 Å². The first-order valence-corrected chi connectivity index (χ1v) is 4.42.